The molecule has 0 spiro atoms. The molecular weight excluding hydrogens is 308 g/mol. The molecule has 124 valence electrons. The number of phenols is 2. The molecule has 22 heavy (non-hydrogen) atoms. The van der Waals surface area contributed by atoms with Crippen molar-refractivity contribution in [3.8, 4) is 11.5 Å². The summed E-state index contributed by atoms with van der Waals surface area (Å²) in [5.74, 6) is -0.798. The lowest BCUT2D eigenvalue weighted by Crippen LogP contribution is -2.31. The maximum atomic E-state index is 11.7. The van der Waals surface area contributed by atoms with Crippen LogP contribution in [0.15, 0.2) is 18.2 Å². The fourth-order valence-corrected chi connectivity index (χ4v) is 2.38. The fourth-order valence-electron chi connectivity index (χ4n) is 1.62. The monoisotopic (exact) mass is 330 g/mol. The van der Waals surface area contributed by atoms with Crippen LogP contribution < -0.4 is 10.0 Å². The highest BCUT2D eigenvalue weighted by Crippen LogP contribution is 2.27. The number of hydrogen-bond donors (Lipinski definition) is 4. The number of anilines is 1. The molecule has 1 aromatic carbocycles. The second kappa shape index (κ2) is 8.00. The van der Waals surface area contributed by atoms with E-state index in [1.807, 2.05) is 0 Å². The van der Waals surface area contributed by atoms with Gasteiger partial charge in [0, 0.05) is 24.7 Å². The van der Waals surface area contributed by atoms with Crippen LogP contribution in [-0.2, 0) is 14.8 Å². The van der Waals surface area contributed by atoms with Crippen LogP contribution in [0.4, 0.5) is 5.69 Å². The van der Waals surface area contributed by atoms with E-state index in [0.29, 0.717) is 25.1 Å². The molecule has 0 fully saturated rings. The third-order valence-corrected chi connectivity index (χ3v) is 4.86. The standard InChI is InChI=1S/C14H22N2O5S/c1-10(2)22(20,21)15-8-4-3-5-14(19)16-11-6-7-12(17)13(18)9-11/h6-7,9-10,15,17-18H,3-5,8H2,1-2H3,(H,16,19). The Kier molecular flexibility index (Phi) is 6.63. The number of phenolic OH excluding ortho intramolecular Hbond substituents is 2. The van der Waals surface area contributed by atoms with E-state index in [1.165, 1.54) is 18.2 Å². The van der Waals surface area contributed by atoms with E-state index >= 15 is 0 Å². The summed E-state index contributed by atoms with van der Waals surface area (Å²) >= 11 is 0. The fraction of sp³-hybridized carbons (Fsp3) is 0.500. The summed E-state index contributed by atoms with van der Waals surface area (Å²) < 4.78 is 25.5. The van der Waals surface area contributed by atoms with Crippen LogP contribution in [0.3, 0.4) is 0 Å². The highest BCUT2D eigenvalue weighted by atomic mass is 32.2. The maximum Gasteiger partial charge on any atom is 0.224 e. The molecule has 8 heteroatoms. The Balaban J connectivity index is 2.28. The van der Waals surface area contributed by atoms with Crippen molar-refractivity contribution >= 4 is 21.6 Å². The largest absolute Gasteiger partial charge is 0.504 e. The lowest BCUT2D eigenvalue weighted by molar-refractivity contribution is -0.116. The second-order valence-corrected chi connectivity index (χ2v) is 7.52. The number of hydrogen-bond acceptors (Lipinski definition) is 5. The van der Waals surface area contributed by atoms with Crippen molar-refractivity contribution < 1.29 is 23.4 Å². The van der Waals surface area contributed by atoms with Gasteiger partial charge in [-0.1, -0.05) is 0 Å². The van der Waals surface area contributed by atoms with Crippen molar-refractivity contribution in [2.45, 2.75) is 38.4 Å². The molecular formula is C14H22N2O5S. The molecule has 4 N–H and O–H groups in total. The smallest absolute Gasteiger partial charge is 0.224 e. The average Bonchev–Trinajstić information content (AvgIpc) is 2.42. The van der Waals surface area contributed by atoms with Gasteiger partial charge >= 0.3 is 0 Å². The number of carbonyl (C=O) groups excluding carboxylic acids is 1. The van der Waals surface area contributed by atoms with E-state index in [-0.39, 0.29) is 23.8 Å². The van der Waals surface area contributed by atoms with Crippen LogP contribution >= 0.6 is 0 Å². The Morgan fingerprint density at radius 1 is 1.18 bits per heavy atom. The van der Waals surface area contributed by atoms with Gasteiger partial charge in [-0.3, -0.25) is 4.79 Å². The summed E-state index contributed by atoms with van der Waals surface area (Å²) in [5.41, 5.74) is 0.390. The zero-order chi connectivity index (χ0) is 16.8. The molecule has 0 atom stereocenters. The number of aromatic hydroxyl groups is 2. The molecule has 1 rings (SSSR count). The molecule has 0 unspecified atom stereocenters. The van der Waals surface area contributed by atoms with E-state index in [4.69, 9.17) is 5.11 Å². The Bertz CT molecular complexity index is 614. The van der Waals surface area contributed by atoms with Crippen LogP contribution in [-0.4, -0.2) is 36.3 Å². The van der Waals surface area contributed by atoms with E-state index < -0.39 is 15.3 Å². The molecule has 0 heterocycles. The topological polar surface area (TPSA) is 116 Å². The van der Waals surface area contributed by atoms with Crippen LogP contribution in [0.5, 0.6) is 11.5 Å². The van der Waals surface area contributed by atoms with Crippen LogP contribution in [0.2, 0.25) is 0 Å². The minimum Gasteiger partial charge on any atom is -0.504 e. The first-order valence-corrected chi connectivity index (χ1v) is 8.57. The molecule has 0 saturated heterocycles. The molecule has 0 bridgehead atoms. The molecule has 7 nitrogen and oxygen atoms in total. The summed E-state index contributed by atoms with van der Waals surface area (Å²) in [4.78, 5) is 11.7. The number of benzene rings is 1. The molecule has 0 aliphatic rings. The summed E-state index contributed by atoms with van der Waals surface area (Å²) in [6.07, 6.45) is 1.34. The van der Waals surface area contributed by atoms with E-state index in [1.54, 1.807) is 13.8 Å². The quantitative estimate of drug-likeness (QED) is 0.328. The van der Waals surface area contributed by atoms with Gasteiger partial charge in [-0.2, -0.15) is 0 Å². The summed E-state index contributed by atoms with van der Waals surface area (Å²) in [5, 5.41) is 20.6. The number of unbranched alkanes of at least 4 members (excludes halogenated alkanes) is 1. The highest BCUT2D eigenvalue weighted by molar-refractivity contribution is 7.90. The Morgan fingerprint density at radius 3 is 2.45 bits per heavy atom. The molecule has 0 aliphatic carbocycles. The average molecular weight is 330 g/mol. The molecule has 1 amide bonds. The Hall–Kier alpha value is -1.80. The van der Waals surface area contributed by atoms with Gasteiger partial charge in [-0.15, -0.1) is 0 Å². The van der Waals surface area contributed by atoms with E-state index in [2.05, 4.69) is 10.0 Å². The normalized spacial score (nSPS) is 11.6. The van der Waals surface area contributed by atoms with Gasteiger partial charge in [0.15, 0.2) is 11.5 Å². The second-order valence-electron chi connectivity index (χ2n) is 5.20. The van der Waals surface area contributed by atoms with Crippen LogP contribution in [0.1, 0.15) is 33.1 Å². The molecule has 0 aliphatic heterocycles. The van der Waals surface area contributed by atoms with Crippen molar-refractivity contribution in [2.75, 3.05) is 11.9 Å². The SMILES string of the molecule is CC(C)S(=O)(=O)NCCCCC(=O)Nc1ccc(O)c(O)c1. The molecule has 0 aromatic heterocycles. The minimum absolute atomic E-state index is 0.239. The number of amides is 1. The first kappa shape index (κ1) is 18.2. The van der Waals surface area contributed by atoms with Gasteiger partial charge in [0.2, 0.25) is 15.9 Å². The number of rotatable bonds is 8. The first-order valence-electron chi connectivity index (χ1n) is 7.02. The predicted molar refractivity (Wildman–Crippen MR) is 84.3 cm³/mol. The van der Waals surface area contributed by atoms with Gasteiger partial charge in [-0.05, 0) is 38.8 Å². The Morgan fingerprint density at radius 2 is 1.86 bits per heavy atom. The zero-order valence-electron chi connectivity index (χ0n) is 12.7. The Labute approximate surface area is 130 Å². The molecule has 1 aromatic rings. The van der Waals surface area contributed by atoms with Crippen LogP contribution in [0.25, 0.3) is 0 Å². The molecule has 0 radical (unpaired) electrons. The van der Waals surface area contributed by atoms with Gasteiger partial charge in [-0.25, -0.2) is 13.1 Å². The first-order chi connectivity index (χ1) is 10.2. The number of sulfonamides is 1. The lowest BCUT2D eigenvalue weighted by atomic mass is 10.2. The van der Waals surface area contributed by atoms with Gasteiger partial charge in [0.05, 0.1) is 5.25 Å². The van der Waals surface area contributed by atoms with Gasteiger partial charge < -0.3 is 15.5 Å². The van der Waals surface area contributed by atoms with E-state index in [0.717, 1.165) is 0 Å². The van der Waals surface area contributed by atoms with Gasteiger partial charge in [0.25, 0.3) is 0 Å². The predicted octanol–water partition coefficient (Wildman–Crippen LogP) is 1.53. The maximum absolute atomic E-state index is 11.7. The van der Waals surface area contributed by atoms with E-state index in [9.17, 15) is 18.3 Å². The van der Waals surface area contributed by atoms with Crippen molar-refractivity contribution in [2.24, 2.45) is 0 Å². The van der Waals surface area contributed by atoms with Crippen molar-refractivity contribution in [1.29, 1.82) is 0 Å². The number of carbonyl (C=O) groups is 1. The van der Waals surface area contributed by atoms with Gasteiger partial charge in [0.1, 0.15) is 0 Å². The number of nitrogens with one attached hydrogen (secondary N) is 2. The molecule has 0 saturated carbocycles. The third-order valence-electron chi connectivity index (χ3n) is 3.01. The summed E-state index contributed by atoms with van der Waals surface area (Å²) in [7, 11) is -3.26. The summed E-state index contributed by atoms with van der Waals surface area (Å²) in [6, 6.07) is 4.01. The summed E-state index contributed by atoms with van der Waals surface area (Å²) in [6.45, 7) is 3.50. The van der Waals surface area contributed by atoms with Crippen molar-refractivity contribution in [1.82, 2.24) is 4.72 Å². The minimum atomic E-state index is -3.26. The lowest BCUT2D eigenvalue weighted by Gasteiger charge is -2.09. The van der Waals surface area contributed by atoms with Crippen molar-refractivity contribution in [3.05, 3.63) is 18.2 Å². The van der Waals surface area contributed by atoms with Crippen molar-refractivity contribution in [3.63, 3.8) is 0 Å². The van der Waals surface area contributed by atoms with Crippen LogP contribution in [0, 0.1) is 0 Å². The third kappa shape index (κ3) is 5.90. The zero-order valence-corrected chi connectivity index (χ0v) is 13.5. The highest BCUT2D eigenvalue weighted by Gasteiger charge is 2.14.